The summed E-state index contributed by atoms with van der Waals surface area (Å²) in [4.78, 5) is 18.6. The lowest BCUT2D eigenvalue weighted by atomic mass is 10.3. The van der Waals surface area contributed by atoms with Gasteiger partial charge in [0.15, 0.2) is 10.1 Å². The van der Waals surface area contributed by atoms with Crippen LogP contribution < -0.4 is 10.3 Å². The van der Waals surface area contributed by atoms with Gasteiger partial charge in [0.25, 0.3) is 5.91 Å². The number of carbonyl (C=O) groups excluding carboxylic acids is 1. The van der Waals surface area contributed by atoms with Crippen molar-refractivity contribution < 1.29 is 13.9 Å². The van der Waals surface area contributed by atoms with Gasteiger partial charge in [-0.05, 0) is 28.1 Å². The van der Waals surface area contributed by atoms with Crippen LogP contribution in [0.5, 0.6) is 0 Å². The van der Waals surface area contributed by atoms with E-state index in [2.05, 4.69) is 36.3 Å². The van der Waals surface area contributed by atoms with Gasteiger partial charge in [0.2, 0.25) is 5.88 Å². The number of hydrogen-bond acceptors (Lipinski definition) is 8. The van der Waals surface area contributed by atoms with Gasteiger partial charge in [0.05, 0.1) is 39.9 Å². The number of nitrogens with one attached hydrogen (secondary N) is 1. The maximum atomic E-state index is 12.0. The average molecular weight is 481 g/mol. The molecule has 146 valence electrons. The molecule has 0 unspecified atom stereocenters. The quantitative estimate of drug-likeness (QED) is 0.329. The number of benzene rings is 1. The van der Waals surface area contributed by atoms with Crippen LogP contribution in [0.4, 0.5) is 5.88 Å². The first-order valence-electron chi connectivity index (χ1n) is 8.61. The molecule has 1 aliphatic heterocycles. The fourth-order valence-corrected chi connectivity index (χ4v) is 5.08. The number of hydrogen-bond donors (Lipinski definition) is 1. The zero-order valence-electron chi connectivity index (χ0n) is 14.8. The number of ether oxygens (including phenoxy) is 1. The zero-order valence-corrected chi connectivity index (χ0v) is 18.0. The first-order chi connectivity index (χ1) is 13.7. The summed E-state index contributed by atoms with van der Waals surface area (Å²) in [5.41, 5.74) is 3.47. The Morgan fingerprint density at radius 2 is 2.21 bits per heavy atom. The molecule has 3 heterocycles. The summed E-state index contributed by atoms with van der Waals surface area (Å²) in [6.07, 6.45) is 1.50. The summed E-state index contributed by atoms with van der Waals surface area (Å²) >= 11 is 6.48. The second-order valence-electron chi connectivity index (χ2n) is 5.93. The van der Waals surface area contributed by atoms with Crippen molar-refractivity contribution in [3.05, 3.63) is 40.6 Å². The maximum absolute atomic E-state index is 12.0. The van der Waals surface area contributed by atoms with Crippen LogP contribution in [-0.2, 0) is 9.53 Å². The third kappa shape index (κ3) is 4.75. The van der Waals surface area contributed by atoms with Gasteiger partial charge in [0, 0.05) is 19.2 Å². The SMILES string of the molecule is O=C(CSc1nc2ccccc2s1)N/N=C/c1cc(Br)c(N2CCOCC2)o1. The fourth-order valence-electron chi connectivity index (χ4n) is 2.66. The summed E-state index contributed by atoms with van der Waals surface area (Å²) in [5.74, 6) is 1.37. The summed E-state index contributed by atoms with van der Waals surface area (Å²) in [7, 11) is 0. The molecule has 0 atom stereocenters. The number of aromatic nitrogens is 1. The van der Waals surface area contributed by atoms with E-state index < -0.39 is 0 Å². The number of hydrazone groups is 1. The molecule has 3 aromatic rings. The van der Waals surface area contributed by atoms with Gasteiger partial charge < -0.3 is 14.1 Å². The van der Waals surface area contributed by atoms with Crippen molar-refractivity contribution in [2.45, 2.75) is 4.34 Å². The Kier molecular flexibility index (Phi) is 6.30. The largest absolute Gasteiger partial charge is 0.438 e. The van der Waals surface area contributed by atoms with Crippen LogP contribution in [0, 0.1) is 0 Å². The van der Waals surface area contributed by atoms with Gasteiger partial charge in [-0.25, -0.2) is 10.4 Å². The van der Waals surface area contributed by atoms with Crippen LogP contribution >= 0.6 is 39.0 Å². The Bertz CT molecular complexity index is 965. The van der Waals surface area contributed by atoms with E-state index >= 15 is 0 Å². The van der Waals surface area contributed by atoms with E-state index in [4.69, 9.17) is 9.15 Å². The van der Waals surface area contributed by atoms with Gasteiger partial charge in [0.1, 0.15) is 0 Å². The number of nitrogens with zero attached hydrogens (tertiary/aromatic N) is 3. The fraction of sp³-hybridized carbons (Fsp3) is 0.278. The van der Waals surface area contributed by atoms with Crippen LogP contribution in [0.15, 0.2) is 48.7 Å². The molecular formula is C18H17BrN4O3S2. The Balaban J connectivity index is 1.28. The van der Waals surface area contributed by atoms with E-state index in [0.29, 0.717) is 19.0 Å². The molecule has 2 aromatic heterocycles. The topological polar surface area (TPSA) is 80.0 Å². The van der Waals surface area contributed by atoms with Crippen molar-refractivity contribution >= 4 is 67.3 Å². The summed E-state index contributed by atoms with van der Waals surface area (Å²) < 4.78 is 14.0. The minimum Gasteiger partial charge on any atom is -0.438 e. The molecule has 1 fully saturated rings. The number of rotatable bonds is 6. The van der Waals surface area contributed by atoms with Crippen LogP contribution in [0.3, 0.4) is 0 Å². The first kappa shape index (κ1) is 19.4. The molecule has 1 amide bonds. The molecule has 1 aliphatic rings. The van der Waals surface area contributed by atoms with E-state index in [0.717, 1.165) is 38.0 Å². The number of para-hydroxylation sites is 1. The van der Waals surface area contributed by atoms with E-state index in [-0.39, 0.29) is 11.7 Å². The summed E-state index contributed by atoms with van der Waals surface area (Å²) in [6.45, 7) is 2.92. The molecule has 1 N–H and O–H groups in total. The number of carbonyl (C=O) groups is 1. The molecule has 0 radical (unpaired) electrons. The number of amides is 1. The second-order valence-corrected chi connectivity index (χ2v) is 9.04. The number of morpholine rings is 1. The summed E-state index contributed by atoms with van der Waals surface area (Å²) in [5, 5.41) is 3.98. The van der Waals surface area contributed by atoms with Gasteiger partial charge >= 0.3 is 0 Å². The van der Waals surface area contributed by atoms with Gasteiger partial charge in [-0.15, -0.1) is 11.3 Å². The number of anilines is 1. The number of thioether (sulfide) groups is 1. The van der Waals surface area contributed by atoms with Crippen LogP contribution in [0.2, 0.25) is 0 Å². The van der Waals surface area contributed by atoms with Crippen LogP contribution in [-0.4, -0.2) is 49.2 Å². The first-order valence-corrected chi connectivity index (χ1v) is 11.2. The van der Waals surface area contributed by atoms with Gasteiger partial charge in [-0.2, -0.15) is 5.10 Å². The van der Waals surface area contributed by atoms with Crippen molar-refractivity contribution in [2.24, 2.45) is 5.10 Å². The number of furan rings is 1. The highest BCUT2D eigenvalue weighted by atomic mass is 79.9. The molecular weight excluding hydrogens is 464 g/mol. The molecule has 0 spiro atoms. The lowest BCUT2D eigenvalue weighted by Gasteiger charge is -2.26. The highest BCUT2D eigenvalue weighted by Crippen LogP contribution is 2.30. The maximum Gasteiger partial charge on any atom is 0.250 e. The van der Waals surface area contributed by atoms with Gasteiger partial charge in [-0.1, -0.05) is 23.9 Å². The van der Waals surface area contributed by atoms with E-state index in [1.807, 2.05) is 30.3 Å². The van der Waals surface area contributed by atoms with Crippen molar-refractivity contribution in [3.63, 3.8) is 0 Å². The highest BCUT2D eigenvalue weighted by molar-refractivity contribution is 9.10. The number of thiazole rings is 1. The Morgan fingerprint density at radius 1 is 1.39 bits per heavy atom. The Hall–Kier alpha value is -1.88. The van der Waals surface area contributed by atoms with Crippen molar-refractivity contribution in [1.82, 2.24) is 10.4 Å². The predicted octanol–water partition coefficient (Wildman–Crippen LogP) is 3.73. The van der Waals surface area contributed by atoms with Gasteiger partial charge in [-0.3, -0.25) is 4.79 Å². The van der Waals surface area contributed by atoms with Crippen LogP contribution in [0.1, 0.15) is 5.76 Å². The van der Waals surface area contributed by atoms with E-state index in [1.54, 1.807) is 11.3 Å². The number of halogens is 1. The molecule has 7 nitrogen and oxygen atoms in total. The lowest BCUT2D eigenvalue weighted by molar-refractivity contribution is -0.118. The van der Waals surface area contributed by atoms with E-state index in [9.17, 15) is 4.79 Å². The smallest absolute Gasteiger partial charge is 0.250 e. The molecule has 1 aromatic carbocycles. The summed E-state index contributed by atoms with van der Waals surface area (Å²) in [6, 6.07) is 9.75. The number of fused-ring (bicyclic) bond motifs is 1. The molecule has 0 bridgehead atoms. The Morgan fingerprint density at radius 3 is 3.04 bits per heavy atom. The average Bonchev–Trinajstić information content (AvgIpc) is 3.30. The monoisotopic (exact) mass is 480 g/mol. The predicted molar refractivity (Wildman–Crippen MR) is 116 cm³/mol. The molecule has 4 rings (SSSR count). The normalized spacial score (nSPS) is 14.8. The van der Waals surface area contributed by atoms with Crippen molar-refractivity contribution in [3.8, 4) is 0 Å². The van der Waals surface area contributed by atoms with E-state index in [1.165, 1.54) is 18.0 Å². The molecule has 1 saturated heterocycles. The highest BCUT2D eigenvalue weighted by Gasteiger charge is 2.18. The van der Waals surface area contributed by atoms with Crippen molar-refractivity contribution in [2.75, 3.05) is 37.0 Å². The zero-order chi connectivity index (χ0) is 19.3. The minimum absolute atomic E-state index is 0.195. The minimum atomic E-state index is -0.195. The lowest BCUT2D eigenvalue weighted by Crippen LogP contribution is -2.36. The second kappa shape index (κ2) is 9.08. The molecule has 28 heavy (non-hydrogen) atoms. The van der Waals surface area contributed by atoms with Crippen LogP contribution in [0.25, 0.3) is 10.2 Å². The third-order valence-corrected chi connectivity index (χ3v) is 6.72. The molecule has 0 saturated carbocycles. The Labute approximate surface area is 178 Å². The van der Waals surface area contributed by atoms with Crippen molar-refractivity contribution in [1.29, 1.82) is 0 Å². The standard InChI is InChI=1S/C18H17BrN4O3S2/c19-13-9-12(26-17(13)23-5-7-25-8-6-23)10-20-22-16(24)11-27-18-21-14-3-1-2-4-15(14)28-18/h1-4,9-10H,5-8,11H2,(H,22,24)/b20-10+. The third-order valence-electron chi connectivity index (χ3n) is 3.97. The molecule has 0 aliphatic carbocycles. The molecule has 10 heteroatoms.